The highest BCUT2D eigenvalue weighted by Crippen LogP contribution is 2.39. The number of rotatable bonds is 11. The Morgan fingerprint density at radius 3 is 2.29 bits per heavy atom. The second kappa shape index (κ2) is 13.4. The molecule has 1 unspecified atom stereocenters. The highest BCUT2D eigenvalue weighted by molar-refractivity contribution is 5.61. The van der Waals surface area contributed by atoms with Crippen molar-refractivity contribution in [2.75, 3.05) is 27.9 Å². The minimum Gasteiger partial charge on any atom is -0.495 e. The third-order valence-corrected chi connectivity index (χ3v) is 7.39. The second-order valence-electron chi connectivity index (χ2n) is 10.1. The fraction of sp³-hybridized carbons (Fsp3) is 0.265. The summed E-state index contributed by atoms with van der Waals surface area (Å²) in [5.41, 5.74) is 6.34. The lowest BCUT2D eigenvalue weighted by molar-refractivity contribution is 0.223. The lowest BCUT2D eigenvalue weighted by Gasteiger charge is -2.33. The fourth-order valence-corrected chi connectivity index (χ4v) is 5.04. The summed E-state index contributed by atoms with van der Waals surface area (Å²) < 4.78 is 29.0. The smallest absolute Gasteiger partial charge is 0.162 e. The lowest BCUT2D eigenvalue weighted by Crippen LogP contribution is -2.39. The number of nitrogens with zero attached hydrogens (tertiary/aromatic N) is 2. The Morgan fingerprint density at radius 2 is 1.55 bits per heavy atom. The Hall–Kier alpha value is -4.53. The third-order valence-electron chi connectivity index (χ3n) is 7.39. The molecule has 0 saturated carbocycles. The van der Waals surface area contributed by atoms with E-state index in [-0.39, 0.29) is 6.04 Å². The van der Waals surface area contributed by atoms with Crippen molar-refractivity contribution >= 4 is 6.08 Å². The van der Waals surface area contributed by atoms with E-state index in [1.807, 2.05) is 66.5 Å². The number of methoxy groups -OCH3 is 3. The van der Waals surface area contributed by atoms with Gasteiger partial charge in [-0.1, -0.05) is 42.5 Å². The Morgan fingerprint density at radius 1 is 0.833 bits per heavy atom. The van der Waals surface area contributed by atoms with Gasteiger partial charge in [0.25, 0.3) is 0 Å². The van der Waals surface area contributed by atoms with Crippen LogP contribution in [0, 0.1) is 6.92 Å². The molecule has 0 spiro atoms. The van der Waals surface area contributed by atoms with Crippen LogP contribution in [-0.2, 0) is 19.6 Å². The number of benzene rings is 3. The maximum atomic E-state index is 6.52. The van der Waals surface area contributed by atoms with Gasteiger partial charge in [0.2, 0.25) is 0 Å². The van der Waals surface area contributed by atoms with Crippen molar-refractivity contribution in [2.45, 2.75) is 32.6 Å². The SMILES string of the molecule is COc1cncc(COc2cc(/C=C/C3c4cc(OC)c(OCc5ccccc5)cc4CCN3N)c(C)cc2OC)c1. The Kier molecular flexibility index (Phi) is 9.26. The highest BCUT2D eigenvalue weighted by Gasteiger charge is 2.26. The molecule has 0 aliphatic carbocycles. The predicted octanol–water partition coefficient (Wildman–Crippen LogP) is 6.06. The van der Waals surface area contributed by atoms with Crippen molar-refractivity contribution in [2.24, 2.45) is 5.84 Å². The predicted molar refractivity (Wildman–Crippen MR) is 163 cm³/mol. The van der Waals surface area contributed by atoms with Crippen LogP contribution in [0.5, 0.6) is 28.7 Å². The number of nitrogens with two attached hydrogens (primary N) is 1. The fourth-order valence-electron chi connectivity index (χ4n) is 5.04. The summed E-state index contributed by atoms with van der Waals surface area (Å²) in [5.74, 6) is 9.92. The van der Waals surface area contributed by atoms with Crippen LogP contribution >= 0.6 is 0 Å². The van der Waals surface area contributed by atoms with E-state index in [4.69, 9.17) is 29.5 Å². The van der Waals surface area contributed by atoms with Gasteiger partial charge < -0.3 is 23.7 Å². The Labute approximate surface area is 247 Å². The molecule has 0 bridgehead atoms. The third kappa shape index (κ3) is 6.67. The first-order chi connectivity index (χ1) is 20.5. The average molecular weight is 568 g/mol. The van der Waals surface area contributed by atoms with Crippen LogP contribution in [0.15, 0.2) is 79.1 Å². The van der Waals surface area contributed by atoms with Crippen LogP contribution in [0.1, 0.15) is 39.4 Å². The minimum absolute atomic E-state index is 0.139. The van der Waals surface area contributed by atoms with Gasteiger partial charge in [0.1, 0.15) is 19.0 Å². The van der Waals surface area contributed by atoms with Gasteiger partial charge in [-0.25, -0.2) is 5.01 Å². The van der Waals surface area contributed by atoms with Gasteiger partial charge in [0.15, 0.2) is 23.0 Å². The molecular formula is C34H37N3O5. The highest BCUT2D eigenvalue weighted by atomic mass is 16.5. The Balaban J connectivity index is 1.38. The molecule has 42 heavy (non-hydrogen) atoms. The van der Waals surface area contributed by atoms with Crippen LogP contribution < -0.4 is 29.5 Å². The van der Waals surface area contributed by atoms with Gasteiger partial charge in [-0.2, -0.15) is 0 Å². The van der Waals surface area contributed by atoms with E-state index in [0.717, 1.165) is 46.5 Å². The lowest BCUT2D eigenvalue weighted by atomic mass is 9.92. The molecule has 1 aliphatic heterocycles. The van der Waals surface area contributed by atoms with E-state index in [0.29, 0.717) is 36.2 Å². The van der Waals surface area contributed by atoms with Crippen molar-refractivity contribution in [1.82, 2.24) is 9.99 Å². The quantitative estimate of drug-likeness (QED) is 0.219. The number of fused-ring (bicyclic) bond motifs is 1. The number of hydrogen-bond acceptors (Lipinski definition) is 8. The van der Waals surface area contributed by atoms with Crippen molar-refractivity contribution < 1.29 is 23.7 Å². The van der Waals surface area contributed by atoms with E-state index >= 15 is 0 Å². The van der Waals surface area contributed by atoms with Crippen LogP contribution in [0.4, 0.5) is 0 Å². The van der Waals surface area contributed by atoms with E-state index in [9.17, 15) is 0 Å². The normalized spacial score (nSPS) is 14.8. The summed E-state index contributed by atoms with van der Waals surface area (Å²) >= 11 is 0. The molecule has 0 fully saturated rings. The van der Waals surface area contributed by atoms with Crippen molar-refractivity contribution in [3.63, 3.8) is 0 Å². The summed E-state index contributed by atoms with van der Waals surface area (Å²) in [5, 5.41) is 1.86. The molecule has 0 amide bonds. The summed E-state index contributed by atoms with van der Waals surface area (Å²) in [6.45, 7) is 3.56. The molecule has 3 aromatic carbocycles. The molecule has 4 aromatic rings. The molecule has 0 saturated heterocycles. The monoisotopic (exact) mass is 567 g/mol. The van der Waals surface area contributed by atoms with Gasteiger partial charge in [-0.15, -0.1) is 0 Å². The molecule has 2 N–H and O–H groups in total. The van der Waals surface area contributed by atoms with Crippen LogP contribution in [0.3, 0.4) is 0 Å². The van der Waals surface area contributed by atoms with Crippen molar-refractivity contribution in [3.05, 3.63) is 113 Å². The molecule has 1 aromatic heterocycles. The summed E-state index contributed by atoms with van der Waals surface area (Å²) in [7, 11) is 4.92. The largest absolute Gasteiger partial charge is 0.495 e. The molecule has 218 valence electrons. The van der Waals surface area contributed by atoms with Gasteiger partial charge >= 0.3 is 0 Å². The van der Waals surface area contributed by atoms with E-state index < -0.39 is 0 Å². The summed E-state index contributed by atoms with van der Waals surface area (Å²) in [6.07, 6.45) is 8.44. The van der Waals surface area contributed by atoms with Crippen LogP contribution in [0.25, 0.3) is 6.08 Å². The zero-order valence-corrected chi connectivity index (χ0v) is 24.5. The number of aryl methyl sites for hydroxylation is 1. The first kappa shape index (κ1) is 29.0. The molecule has 8 heteroatoms. The molecule has 5 rings (SSSR count). The minimum atomic E-state index is -0.139. The van der Waals surface area contributed by atoms with Gasteiger partial charge in [0.05, 0.1) is 33.6 Å². The van der Waals surface area contributed by atoms with Gasteiger partial charge in [-0.05, 0) is 71.5 Å². The summed E-state index contributed by atoms with van der Waals surface area (Å²) in [4.78, 5) is 4.21. The molecule has 8 nitrogen and oxygen atoms in total. The van der Waals surface area contributed by atoms with Gasteiger partial charge in [0, 0.05) is 18.3 Å². The number of hydrogen-bond donors (Lipinski definition) is 1. The van der Waals surface area contributed by atoms with E-state index in [2.05, 4.69) is 23.2 Å². The summed E-state index contributed by atoms with van der Waals surface area (Å²) in [6, 6.07) is 20.0. The maximum absolute atomic E-state index is 6.52. The van der Waals surface area contributed by atoms with Gasteiger partial charge in [-0.3, -0.25) is 10.8 Å². The molecule has 2 heterocycles. The molecule has 1 atom stereocenters. The maximum Gasteiger partial charge on any atom is 0.162 e. The van der Waals surface area contributed by atoms with Crippen molar-refractivity contribution in [1.29, 1.82) is 0 Å². The Bertz CT molecular complexity index is 1540. The first-order valence-electron chi connectivity index (χ1n) is 13.9. The molecular weight excluding hydrogens is 530 g/mol. The van der Waals surface area contributed by atoms with Crippen molar-refractivity contribution in [3.8, 4) is 28.7 Å². The molecule has 0 radical (unpaired) electrons. The van der Waals surface area contributed by atoms with Crippen LogP contribution in [-0.4, -0.2) is 37.9 Å². The van der Waals surface area contributed by atoms with Crippen LogP contribution in [0.2, 0.25) is 0 Å². The van der Waals surface area contributed by atoms with E-state index in [1.165, 1.54) is 5.56 Å². The standard InChI is InChI=1S/C34H37N3O5/c1-23-14-31(39-3)33(42-22-25-15-28(38-2)20-36-19-25)16-26(23)10-11-30-29-18-32(40-4)34(17-27(29)12-13-37(30)35)41-21-24-8-6-5-7-9-24/h5-11,14-20,30H,12-13,21-22,35H2,1-4H3/b11-10+. The van der Waals surface area contributed by atoms with E-state index in [1.54, 1.807) is 33.7 Å². The second-order valence-corrected chi connectivity index (χ2v) is 10.1. The number of hydrazine groups is 1. The first-order valence-corrected chi connectivity index (χ1v) is 13.9. The number of pyridine rings is 1. The topological polar surface area (TPSA) is 88.3 Å². The number of ether oxygens (including phenoxy) is 5. The number of aromatic nitrogens is 1. The molecule has 1 aliphatic rings. The zero-order valence-electron chi connectivity index (χ0n) is 24.5. The zero-order chi connectivity index (χ0) is 29.5. The average Bonchev–Trinajstić information content (AvgIpc) is 3.03.